The van der Waals surface area contributed by atoms with Gasteiger partial charge in [-0.25, -0.2) is 0 Å². The highest BCUT2D eigenvalue weighted by molar-refractivity contribution is 5.92. The van der Waals surface area contributed by atoms with Crippen molar-refractivity contribution in [2.24, 2.45) is 0 Å². The first-order chi connectivity index (χ1) is 12.2. The maximum atomic E-state index is 13.0. The molecule has 1 aliphatic heterocycles. The smallest absolute Gasteiger partial charge is 0.272 e. The molecule has 0 spiro atoms. The Balaban J connectivity index is 1.44. The summed E-state index contributed by atoms with van der Waals surface area (Å²) >= 11 is 0. The van der Waals surface area contributed by atoms with E-state index in [4.69, 9.17) is 0 Å². The fourth-order valence-corrected chi connectivity index (χ4v) is 4.02. The molecule has 132 valence electrons. The Bertz CT molecular complexity index is 742. The van der Waals surface area contributed by atoms with E-state index in [1.807, 2.05) is 34.1 Å². The predicted octanol–water partition coefficient (Wildman–Crippen LogP) is 2.66. The third-order valence-electron chi connectivity index (χ3n) is 5.48. The average Bonchev–Trinajstić information content (AvgIpc) is 3.33. The molecule has 1 amide bonds. The van der Waals surface area contributed by atoms with E-state index in [-0.39, 0.29) is 5.91 Å². The summed E-state index contributed by atoms with van der Waals surface area (Å²) in [6.07, 6.45) is 10.3. The average molecular weight is 339 g/mol. The number of carbonyl (C=O) groups is 1. The van der Waals surface area contributed by atoms with Crippen LogP contribution in [0.3, 0.4) is 0 Å². The van der Waals surface area contributed by atoms with Crippen LogP contribution in [0.5, 0.6) is 0 Å². The van der Waals surface area contributed by atoms with Gasteiger partial charge < -0.3 is 9.80 Å². The van der Waals surface area contributed by atoms with Gasteiger partial charge in [0, 0.05) is 38.6 Å². The maximum absolute atomic E-state index is 13.0. The van der Waals surface area contributed by atoms with Crippen LogP contribution < -0.4 is 4.90 Å². The Morgan fingerprint density at radius 3 is 2.56 bits per heavy atom. The van der Waals surface area contributed by atoms with E-state index in [0.29, 0.717) is 6.04 Å². The largest absolute Gasteiger partial charge is 0.367 e. The van der Waals surface area contributed by atoms with E-state index in [0.717, 1.165) is 44.7 Å². The normalized spacial score (nSPS) is 18.8. The minimum atomic E-state index is 0.118. The molecule has 0 aromatic carbocycles. The van der Waals surface area contributed by atoms with Crippen molar-refractivity contribution in [1.82, 2.24) is 19.7 Å². The number of anilines is 1. The molecule has 2 aromatic rings. The second kappa shape index (κ2) is 6.86. The van der Waals surface area contributed by atoms with E-state index < -0.39 is 0 Å². The van der Waals surface area contributed by atoms with Crippen molar-refractivity contribution >= 4 is 11.6 Å². The number of nitrogens with zero attached hydrogens (tertiary/aromatic N) is 5. The molecule has 2 fully saturated rings. The number of carbonyl (C=O) groups excluding carboxylic acids is 1. The van der Waals surface area contributed by atoms with E-state index in [1.165, 1.54) is 24.1 Å². The zero-order valence-electron chi connectivity index (χ0n) is 14.8. The number of aryl methyl sites for hydroxylation is 1. The van der Waals surface area contributed by atoms with Crippen LogP contribution in [-0.4, -0.2) is 51.8 Å². The summed E-state index contributed by atoms with van der Waals surface area (Å²) < 4.78 is 1.97. The van der Waals surface area contributed by atoms with Crippen LogP contribution in [0.1, 0.15) is 47.8 Å². The fourth-order valence-electron chi connectivity index (χ4n) is 4.02. The van der Waals surface area contributed by atoms with Gasteiger partial charge in [-0.1, -0.05) is 12.8 Å². The van der Waals surface area contributed by atoms with Gasteiger partial charge in [-0.15, -0.1) is 0 Å². The minimum Gasteiger partial charge on any atom is -0.367 e. The highest BCUT2D eigenvalue weighted by atomic mass is 16.2. The number of hydrogen-bond donors (Lipinski definition) is 0. The second-order valence-electron chi connectivity index (χ2n) is 7.04. The standard InChI is InChI=1S/C19H25N5O/c1-15-6-8-20-14-18(15)22-10-12-23(13-11-22)19(25)17-7-9-21-24(17)16-4-2-3-5-16/h6-9,14,16H,2-5,10-13H2,1H3. The quantitative estimate of drug-likeness (QED) is 0.863. The molecule has 2 aromatic heterocycles. The monoisotopic (exact) mass is 339 g/mol. The molecule has 4 rings (SSSR count). The molecule has 2 aliphatic rings. The Morgan fingerprint density at radius 1 is 1.08 bits per heavy atom. The van der Waals surface area contributed by atoms with Gasteiger partial charge in [0.1, 0.15) is 5.69 Å². The maximum Gasteiger partial charge on any atom is 0.272 e. The molecule has 1 aliphatic carbocycles. The molecule has 6 nitrogen and oxygen atoms in total. The lowest BCUT2D eigenvalue weighted by Gasteiger charge is -2.36. The van der Waals surface area contributed by atoms with Gasteiger partial charge in [-0.2, -0.15) is 5.10 Å². The van der Waals surface area contributed by atoms with Gasteiger partial charge in [0.2, 0.25) is 0 Å². The summed E-state index contributed by atoms with van der Waals surface area (Å²) in [5.74, 6) is 0.118. The molecule has 3 heterocycles. The highest BCUT2D eigenvalue weighted by Gasteiger charge is 2.28. The number of aromatic nitrogens is 3. The summed E-state index contributed by atoms with van der Waals surface area (Å²) in [5.41, 5.74) is 3.15. The summed E-state index contributed by atoms with van der Waals surface area (Å²) in [7, 11) is 0. The van der Waals surface area contributed by atoms with Crippen molar-refractivity contribution in [2.75, 3.05) is 31.1 Å². The van der Waals surface area contributed by atoms with E-state index in [9.17, 15) is 4.79 Å². The Labute approximate surface area is 148 Å². The van der Waals surface area contributed by atoms with Gasteiger partial charge >= 0.3 is 0 Å². The van der Waals surface area contributed by atoms with Gasteiger partial charge in [-0.3, -0.25) is 14.5 Å². The number of hydrogen-bond acceptors (Lipinski definition) is 4. The van der Waals surface area contributed by atoms with Crippen LogP contribution in [0, 0.1) is 6.92 Å². The predicted molar refractivity (Wildman–Crippen MR) is 96.8 cm³/mol. The van der Waals surface area contributed by atoms with Crippen LogP contribution in [0.25, 0.3) is 0 Å². The molecule has 0 atom stereocenters. The van der Waals surface area contributed by atoms with Crippen LogP contribution >= 0.6 is 0 Å². The first-order valence-corrected chi connectivity index (χ1v) is 9.22. The molecule has 6 heteroatoms. The summed E-state index contributed by atoms with van der Waals surface area (Å²) in [6.45, 7) is 5.27. The Morgan fingerprint density at radius 2 is 1.84 bits per heavy atom. The Kier molecular flexibility index (Phi) is 4.42. The van der Waals surface area contributed by atoms with Crippen molar-refractivity contribution in [3.63, 3.8) is 0 Å². The third kappa shape index (κ3) is 3.13. The van der Waals surface area contributed by atoms with Crippen molar-refractivity contribution in [3.8, 4) is 0 Å². The lowest BCUT2D eigenvalue weighted by Crippen LogP contribution is -2.49. The SMILES string of the molecule is Cc1ccncc1N1CCN(C(=O)c2ccnn2C2CCCC2)CC1. The van der Waals surface area contributed by atoms with Gasteiger partial charge in [-0.05, 0) is 37.5 Å². The molecule has 1 saturated carbocycles. The molecule has 25 heavy (non-hydrogen) atoms. The van der Waals surface area contributed by atoms with Crippen LogP contribution in [0.15, 0.2) is 30.7 Å². The van der Waals surface area contributed by atoms with Crippen molar-refractivity contribution in [1.29, 1.82) is 0 Å². The summed E-state index contributed by atoms with van der Waals surface area (Å²) in [6, 6.07) is 4.30. The molecule has 0 radical (unpaired) electrons. The van der Waals surface area contributed by atoms with Crippen molar-refractivity contribution in [3.05, 3.63) is 42.0 Å². The summed E-state index contributed by atoms with van der Waals surface area (Å²) in [5, 5.41) is 4.44. The zero-order valence-corrected chi connectivity index (χ0v) is 14.8. The number of amides is 1. The summed E-state index contributed by atoms with van der Waals surface area (Å²) in [4.78, 5) is 21.5. The van der Waals surface area contributed by atoms with Crippen molar-refractivity contribution in [2.45, 2.75) is 38.6 Å². The van der Waals surface area contributed by atoms with Gasteiger partial charge in [0.25, 0.3) is 5.91 Å². The minimum absolute atomic E-state index is 0.118. The number of rotatable bonds is 3. The molecular weight excluding hydrogens is 314 g/mol. The number of piperazine rings is 1. The number of pyridine rings is 1. The first-order valence-electron chi connectivity index (χ1n) is 9.22. The molecule has 1 saturated heterocycles. The lowest BCUT2D eigenvalue weighted by molar-refractivity contribution is 0.0731. The highest BCUT2D eigenvalue weighted by Crippen LogP contribution is 2.30. The topological polar surface area (TPSA) is 54.3 Å². The third-order valence-corrected chi connectivity index (χ3v) is 5.48. The van der Waals surface area contributed by atoms with Gasteiger partial charge in [0.15, 0.2) is 0 Å². The Hall–Kier alpha value is -2.37. The lowest BCUT2D eigenvalue weighted by atomic mass is 10.2. The molecular formula is C19H25N5O. The van der Waals surface area contributed by atoms with E-state index in [1.54, 1.807) is 6.20 Å². The van der Waals surface area contributed by atoms with Crippen LogP contribution in [0.2, 0.25) is 0 Å². The molecule has 0 unspecified atom stereocenters. The van der Waals surface area contributed by atoms with E-state index in [2.05, 4.69) is 21.9 Å². The second-order valence-corrected chi connectivity index (χ2v) is 7.04. The van der Waals surface area contributed by atoms with Gasteiger partial charge in [0.05, 0.1) is 17.9 Å². The van der Waals surface area contributed by atoms with Crippen LogP contribution in [-0.2, 0) is 0 Å². The first kappa shape index (κ1) is 16.1. The molecule has 0 N–H and O–H groups in total. The van der Waals surface area contributed by atoms with Crippen LogP contribution in [0.4, 0.5) is 5.69 Å². The molecule has 0 bridgehead atoms. The fraction of sp³-hybridized carbons (Fsp3) is 0.526. The van der Waals surface area contributed by atoms with Crippen molar-refractivity contribution < 1.29 is 4.79 Å². The zero-order chi connectivity index (χ0) is 17.2. The van der Waals surface area contributed by atoms with E-state index >= 15 is 0 Å².